The van der Waals surface area contributed by atoms with Crippen molar-refractivity contribution in [3.05, 3.63) is 30.3 Å². The molecule has 0 atom stereocenters. The summed E-state index contributed by atoms with van der Waals surface area (Å²) in [6.07, 6.45) is 6.77. The second-order valence-electron chi connectivity index (χ2n) is 10.6. The fourth-order valence-electron chi connectivity index (χ4n) is 4.74. The Balaban J connectivity index is 1.50. The molecule has 8 nitrogen and oxygen atoms in total. The lowest BCUT2D eigenvalue weighted by Crippen LogP contribution is -2.57. The Kier molecular flexibility index (Phi) is 8.80. The van der Waals surface area contributed by atoms with Crippen molar-refractivity contribution in [2.75, 3.05) is 25.0 Å². The molecule has 1 saturated heterocycles. The van der Waals surface area contributed by atoms with Gasteiger partial charge >= 0.3 is 12.1 Å². The van der Waals surface area contributed by atoms with Crippen LogP contribution < -0.4 is 16.0 Å². The summed E-state index contributed by atoms with van der Waals surface area (Å²) in [7, 11) is 0. The molecule has 3 N–H and O–H groups in total. The molecular formula is C26H40N4O4. The number of ether oxygens (including phenoxy) is 1. The quantitative estimate of drug-likeness (QED) is 0.543. The molecule has 34 heavy (non-hydrogen) atoms. The van der Waals surface area contributed by atoms with E-state index in [-0.39, 0.29) is 17.9 Å². The van der Waals surface area contributed by atoms with Crippen molar-refractivity contribution in [3.8, 4) is 0 Å². The van der Waals surface area contributed by atoms with Gasteiger partial charge < -0.3 is 25.6 Å². The Morgan fingerprint density at radius 2 is 1.62 bits per heavy atom. The highest BCUT2D eigenvalue weighted by Gasteiger charge is 2.36. The van der Waals surface area contributed by atoms with Crippen LogP contribution in [-0.2, 0) is 9.53 Å². The van der Waals surface area contributed by atoms with Crippen LogP contribution in [0.2, 0.25) is 0 Å². The van der Waals surface area contributed by atoms with Crippen molar-refractivity contribution in [1.82, 2.24) is 15.5 Å². The number of hydrogen-bond acceptors (Lipinski definition) is 4. The van der Waals surface area contributed by atoms with Gasteiger partial charge in [-0.15, -0.1) is 0 Å². The van der Waals surface area contributed by atoms with Crippen molar-refractivity contribution >= 4 is 23.7 Å². The number of nitrogens with one attached hydrogen (secondary N) is 3. The van der Waals surface area contributed by atoms with Crippen LogP contribution in [0.15, 0.2) is 30.3 Å². The second-order valence-corrected chi connectivity index (χ2v) is 10.6. The average molecular weight is 473 g/mol. The minimum absolute atomic E-state index is 0.00210. The van der Waals surface area contributed by atoms with Gasteiger partial charge in [0, 0.05) is 31.2 Å². The maximum Gasteiger partial charge on any atom is 0.408 e. The van der Waals surface area contributed by atoms with Gasteiger partial charge in [-0.2, -0.15) is 0 Å². The van der Waals surface area contributed by atoms with Crippen molar-refractivity contribution in [2.24, 2.45) is 5.92 Å². The van der Waals surface area contributed by atoms with Crippen molar-refractivity contribution < 1.29 is 19.1 Å². The highest BCUT2D eigenvalue weighted by atomic mass is 16.6. The number of carbonyl (C=O) groups is 3. The Morgan fingerprint density at radius 1 is 1.00 bits per heavy atom. The summed E-state index contributed by atoms with van der Waals surface area (Å²) >= 11 is 0. The molecule has 1 aliphatic carbocycles. The number of rotatable bonds is 5. The van der Waals surface area contributed by atoms with E-state index >= 15 is 0 Å². The molecule has 2 aliphatic rings. The van der Waals surface area contributed by atoms with E-state index in [0.29, 0.717) is 32.5 Å². The Hall–Kier alpha value is -2.77. The highest BCUT2D eigenvalue weighted by molar-refractivity contribution is 5.89. The van der Waals surface area contributed by atoms with Gasteiger partial charge in [-0.25, -0.2) is 9.59 Å². The van der Waals surface area contributed by atoms with Crippen molar-refractivity contribution in [1.29, 1.82) is 0 Å². The molecule has 1 saturated carbocycles. The predicted octanol–water partition coefficient (Wildman–Crippen LogP) is 4.66. The van der Waals surface area contributed by atoms with Crippen LogP contribution in [0.5, 0.6) is 0 Å². The third-order valence-electron chi connectivity index (χ3n) is 6.61. The number of amides is 4. The standard InChI is InChI=1S/C26H40N4O4/c1-25(2,3)34-24(33)29-26(15-9-4-5-10-16-26)19-27-22(31)20-13-17-30(18-14-20)23(32)28-21-11-7-6-8-12-21/h6-8,11-12,20H,4-5,9-10,13-19H2,1-3H3,(H,27,31)(H,28,32)(H,29,33). The van der Waals surface area contributed by atoms with Crippen LogP contribution in [0, 0.1) is 5.92 Å². The number of nitrogens with zero attached hydrogens (tertiary/aromatic N) is 1. The second kappa shape index (κ2) is 11.6. The summed E-state index contributed by atoms with van der Waals surface area (Å²) in [6, 6.07) is 9.24. The van der Waals surface area contributed by atoms with Gasteiger partial charge in [0.1, 0.15) is 5.60 Å². The largest absolute Gasteiger partial charge is 0.444 e. The number of anilines is 1. The maximum absolute atomic E-state index is 13.0. The lowest BCUT2D eigenvalue weighted by atomic mass is 9.89. The van der Waals surface area contributed by atoms with Crippen LogP contribution >= 0.6 is 0 Å². The van der Waals surface area contributed by atoms with Crippen LogP contribution in [-0.4, -0.2) is 53.7 Å². The minimum atomic E-state index is -0.569. The molecule has 8 heteroatoms. The molecule has 3 rings (SSSR count). The number of urea groups is 1. The number of alkyl carbamates (subject to hydrolysis) is 1. The number of para-hydroxylation sites is 1. The number of benzene rings is 1. The smallest absolute Gasteiger partial charge is 0.408 e. The Bertz CT molecular complexity index is 821. The third kappa shape index (κ3) is 7.92. The molecule has 1 heterocycles. The Labute approximate surface area is 203 Å². The molecule has 0 aromatic heterocycles. The molecule has 4 amide bonds. The number of hydrogen-bond donors (Lipinski definition) is 3. The molecule has 2 fully saturated rings. The third-order valence-corrected chi connectivity index (χ3v) is 6.61. The van der Waals surface area contributed by atoms with Crippen molar-refractivity contribution in [3.63, 3.8) is 0 Å². The number of carbonyl (C=O) groups excluding carboxylic acids is 3. The topological polar surface area (TPSA) is 99.8 Å². The SMILES string of the molecule is CC(C)(C)OC(=O)NC1(CNC(=O)C2CCN(C(=O)Nc3ccccc3)CC2)CCCCCC1. The van der Waals surface area contributed by atoms with Crippen LogP contribution in [0.4, 0.5) is 15.3 Å². The van der Waals surface area contributed by atoms with Gasteiger partial charge in [0.05, 0.1) is 5.54 Å². The lowest BCUT2D eigenvalue weighted by Gasteiger charge is -2.36. The monoisotopic (exact) mass is 472 g/mol. The van der Waals surface area contributed by atoms with E-state index in [0.717, 1.165) is 44.2 Å². The first kappa shape index (κ1) is 25.8. The highest BCUT2D eigenvalue weighted by Crippen LogP contribution is 2.28. The summed E-state index contributed by atoms with van der Waals surface area (Å²) in [6.45, 7) is 7.03. The zero-order chi connectivity index (χ0) is 24.6. The molecule has 0 unspecified atom stereocenters. The first-order chi connectivity index (χ1) is 16.2. The van der Waals surface area contributed by atoms with Crippen LogP contribution in [0.25, 0.3) is 0 Å². The van der Waals surface area contributed by atoms with E-state index in [1.165, 1.54) is 0 Å². The lowest BCUT2D eigenvalue weighted by molar-refractivity contribution is -0.126. The summed E-state index contributed by atoms with van der Waals surface area (Å²) in [5, 5.41) is 9.11. The molecular weight excluding hydrogens is 432 g/mol. The normalized spacial score (nSPS) is 19.0. The first-order valence-electron chi connectivity index (χ1n) is 12.6. The van der Waals surface area contributed by atoms with Gasteiger partial charge in [-0.05, 0) is 58.6 Å². The summed E-state index contributed by atoms with van der Waals surface area (Å²) < 4.78 is 5.50. The molecule has 188 valence electrons. The van der Waals surface area contributed by atoms with Gasteiger partial charge in [0.25, 0.3) is 0 Å². The first-order valence-corrected chi connectivity index (χ1v) is 12.6. The van der Waals surface area contributed by atoms with Gasteiger partial charge in [0.15, 0.2) is 0 Å². The maximum atomic E-state index is 13.0. The predicted molar refractivity (Wildman–Crippen MR) is 133 cm³/mol. The van der Waals surface area contributed by atoms with Gasteiger partial charge in [-0.3, -0.25) is 4.79 Å². The summed E-state index contributed by atoms with van der Waals surface area (Å²) in [5.74, 6) is -0.136. The average Bonchev–Trinajstić information content (AvgIpc) is 3.02. The van der Waals surface area contributed by atoms with Gasteiger partial charge in [-0.1, -0.05) is 43.9 Å². The van der Waals surface area contributed by atoms with E-state index < -0.39 is 17.2 Å². The molecule has 0 bridgehead atoms. The minimum Gasteiger partial charge on any atom is -0.444 e. The summed E-state index contributed by atoms with van der Waals surface area (Å²) in [5.41, 5.74) is -0.288. The van der Waals surface area contributed by atoms with E-state index in [2.05, 4.69) is 16.0 Å². The molecule has 0 spiro atoms. The zero-order valence-electron chi connectivity index (χ0n) is 20.8. The fourth-order valence-corrected chi connectivity index (χ4v) is 4.74. The fraction of sp³-hybridized carbons (Fsp3) is 0.654. The van der Waals surface area contributed by atoms with E-state index in [1.54, 1.807) is 4.90 Å². The zero-order valence-corrected chi connectivity index (χ0v) is 20.8. The van der Waals surface area contributed by atoms with Crippen LogP contribution in [0.3, 0.4) is 0 Å². The molecule has 1 aromatic rings. The molecule has 1 aromatic carbocycles. The summed E-state index contributed by atoms with van der Waals surface area (Å²) in [4.78, 5) is 39.8. The number of piperidine rings is 1. The van der Waals surface area contributed by atoms with Crippen molar-refractivity contribution in [2.45, 2.75) is 83.3 Å². The van der Waals surface area contributed by atoms with Gasteiger partial charge in [0.2, 0.25) is 5.91 Å². The molecule has 1 aliphatic heterocycles. The van der Waals surface area contributed by atoms with E-state index in [1.807, 2.05) is 51.1 Å². The Morgan fingerprint density at radius 3 is 2.21 bits per heavy atom. The van der Waals surface area contributed by atoms with E-state index in [9.17, 15) is 14.4 Å². The van der Waals surface area contributed by atoms with E-state index in [4.69, 9.17) is 4.74 Å². The number of likely N-dealkylation sites (tertiary alicyclic amines) is 1. The van der Waals surface area contributed by atoms with Crippen LogP contribution in [0.1, 0.15) is 72.1 Å². The molecule has 0 radical (unpaired) electrons.